The molecule has 0 radical (unpaired) electrons. The second-order valence-electron chi connectivity index (χ2n) is 11.2. The van der Waals surface area contributed by atoms with Crippen LogP contribution in [0.15, 0.2) is 77.7 Å². The number of rotatable bonds is 7. The van der Waals surface area contributed by atoms with Crippen molar-refractivity contribution in [3.05, 3.63) is 78.4 Å². The minimum Gasteiger partial charge on any atom is -0.611 e. The zero-order valence-electron chi connectivity index (χ0n) is 22.2. The van der Waals surface area contributed by atoms with Gasteiger partial charge in [0, 0.05) is 23.4 Å². The zero-order valence-corrected chi connectivity index (χ0v) is 23.0. The summed E-state index contributed by atoms with van der Waals surface area (Å²) in [4.78, 5) is 5.60. The minimum absolute atomic E-state index is 0.157. The molecule has 1 aliphatic carbocycles. The third-order valence-electron chi connectivity index (χ3n) is 7.14. The summed E-state index contributed by atoms with van der Waals surface area (Å²) in [5, 5.41) is 3.32. The van der Waals surface area contributed by atoms with Crippen LogP contribution in [0.25, 0.3) is 11.0 Å². The molecule has 4 aromatic rings. The molecule has 3 aromatic carbocycles. The SMILES string of the molecule is C[C@@H]1C[C@H](n2c(Nc3ccc(OC(F)(F)F)cc3)nc3cc([S+]([O-])Cc4ccccc4)ccc32)CC(C)(C)C1. The van der Waals surface area contributed by atoms with Crippen molar-refractivity contribution >= 4 is 33.8 Å². The van der Waals surface area contributed by atoms with Crippen molar-refractivity contribution in [1.29, 1.82) is 0 Å². The molecule has 1 aromatic heterocycles. The van der Waals surface area contributed by atoms with Gasteiger partial charge in [0.2, 0.25) is 5.95 Å². The Labute approximate surface area is 229 Å². The summed E-state index contributed by atoms with van der Waals surface area (Å²) in [5.74, 6) is 1.27. The van der Waals surface area contributed by atoms with E-state index in [-0.39, 0.29) is 17.2 Å². The first kappa shape index (κ1) is 27.4. The number of halogens is 3. The van der Waals surface area contributed by atoms with E-state index in [4.69, 9.17) is 4.98 Å². The van der Waals surface area contributed by atoms with Gasteiger partial charge in [-0.3, -0.25) is 0 Å². The molecule has 39 heavy (non-hydrogen) atoms. The Balaban J connectivity index is 1.49. The fourth-order valence-corrected chi connectivity index (χ4v) is 6.97. The third kappa shape index (κ3) is 6.70. The highest BCUT2D eigenvalue weighted by Gasteiger charge is 2.35. The summed E-state index contributed by atoms with van der Waals surface area (Å²) >= 11 is -1.24. The molecule has 5 nitrogen and oxygen atoms in total. The first-order valence-electron chi connectivity index (χ1n) is 13.0. The van der Waals surface area contributed by atoms with Crippen LogP contribution in [-0.4, -0.2) is 20.5 Å². The van der Waals surface area contributed by atoms with Gasteiger partial charge in [0.05, 0.1) is 11.0 Å². The van der Waals surface area contributed by atoms with Crippen LogP contribution >= 0.6 is 0 Å². The summed E-state index contributed by atoms with van der Waals surface area (Å²) in [6, 6.07) is 21.3. The number of ether oxygens (including phenoxy) is 1. The average molecular weight is 556 g/mol. The lowest BCUT2D eigenvalue weighted by atomic mass is 9.70. The number of hydrogen-bond acceptors (Lipinski definition) is 4. The maximum absolute atomic E-state index is 13.2. The monoisotopic (exact) mass is 555 g/mol. The first-order valence-corrected chi connectivity index (χ1v) is 14.3. The smallest absolute Gasteiger partial charge is 0.573 e. The lowest BCUT2D eigenvalue weighted by Crippen LogP contribution is -2.29. The molecule has 1 aliphatic rings. The molecule has 9 heteroatoms. The first-order chi connectivity index (χ1) is 18.5. The zero-order chi connectivity index (χ0) is 27.8. The van der Waals surface area contributed by atoms with E-state index < -0.39 is 17.5 Å². The van der Waals surface area contributed by atoms with Crippen LogP contribution in [0.2, 0.25) is 0 Å². The summed E-state index contributed by atoms with van der Waals surface area (Å²) in [5.41, 5.74) is 3.41. The number of nitrogens with zero attached hydrogens (tertiary/aromatic N) is 2. The number of alkyl halides is 3. The molecule has 1 saturated carbocycles. The lowest BCUT2D eigenvalue weighted by Gasteiger charge is -2.40. The molecule has 0 saturated heterocycles. The van der Waals surface area contributed by atoms with E-state index >= 15 is 0 Å². The molecule has 1 fully saturated rings. The van der Waals surface area contributed by atoms with Crippen LogP contribution in [0.5, 0.6) is 5.75 Å². The predicted octanol–water partition coefficient (Wildman–Crippen LogP) is 8.37. The largest absolute Gasteiger partial charge is 0.611 e. The van der Waals surface area contributed by atoms with Crippen LogP contribution in [-0.2, 0) is 16.9 Å². The Morgan fingerprint density at radius 1 is 1.05 bits per heavy atom. The Hall–Kier alpha value is -3.17. The lowest BCUT2D eigenvalue weighted by molar-refractivity contribution is -0.274. The van der Waals surface area contributed by atoms with Crippen molar-refractivity contribution in [3.8, 4) is 5.75 Å². The van der Waals surface area contributed by atoms with Gasteiger partial charge in [-0.05, 0) is 78.2 Å². The van der Waals surface area contributed by atoms with Crippen LogP contribution < -0.4 is 10.1 Å². The number of anilines is 2. The highest BCUT2D eigenvalue weighted by atomic mass is 32.2. The minimum atomic E-state index is -4.74. The van der Waals surface area contributed by atoms with E-state index in [2.05, 4.69) is 35.4 Å². The van der Waals surface area contributed by atoms with Gasteiger partial charge < -0.3 is 19.2 Å². The summed E-state index contributed by atoms with van der Waals surface area (Å²) in [6.45, 7) is 6.84. The molecule has 0 aliphatic heterocycles. The van der Waals surface area contributed by atoms with Crippen LogP contribution in [0.1, 0.15) is 51.6 Å². The number of hydrogen-bond donors (Lipinski definition) is 1. The molecule has 0 bridgehead atoms. The summed E-state index contributed by atoms with van der Waals surface area (Å²) in [6.07, 6.45) is -1.64. The van der Waals surface area contributed by atoms with Gasteiger partial charge in [0.1, 0.15) is 11.5 Å². The van der Waals surface area contributed by atoms with Crippen LogP contribution in [0.3, 0.4) is 0 Å². The van der Waals surface area contributed by atoms with Gasteiger partial charge in [-0.1, -0.05) is 51.1 Å². The Bertz CT molecular complexity index is 1420. The van der Waals surface area contributed by atoms with Crippen molar-refractivity contribution in [3.63, 3.8) is 0 Å². The standard InChI is InChI=1S/C30H32F3N3O2S/c1-20-15-23(18-29(2,3)17-20)36-27-14-13-25(39(37)19-21-7-5-4-6-8-21)16-26(27)35-28(36)34-22-9-11-24(12-10-22)38-30(31,32)33/h4-14,16,20,23H,15,17-19H2,1-3H3,(H,34,35)/t20-,23+,39?/m1/s1. The van der Waals surface area contributed by atoms with Crippen LogP contribution in [0.4, 0.5) is 24.8 Å². The van der Waals surface area contributed by atoms with Gasteiger partial charge in [-0.2, -0.15) is 0 Å². The van der Waals surface area contributed by atoms with Gasteiger partial charge >= 0.3 is 6.36 Å². The van der Waals surface area contributed by atoms with E-state index in [1.54, 1.807) is 12.1 Å². The average Bonchev–Trinajstić information content (AvgIpc) is 3.20. The van der Waals surface area contributed by atoms with Crippen LogP contribution in [0, 0.1) is 11.3 Å². The predicted molar refractivity (Wildman–Crippen MR) is 149 cm³/mol. The number of fused-ring (bicyclic) bond motifs is 1. The van der Waals surface area contributed by atoms with Gasteiger partial charge in [0.15, 0.2) is 4.90 Å². The molecular weight excluding hydrogens is 523 g/mol. The third-order valence-corrected chi connectivity index (χ3v) is 8.51. The highest BCUT2D eigenvalue weighted by molar-refractivity contribution is 7.90. The highest BCUT2D eigenvalue weighted by Crippen LogP contribution is 2.46. The van der Waals surface area contributed by atoms with E-state index in [0.29, 0.717) is 28.2 Å². The molecule has 3 atom stereocenters. The summed E-state index contributed by atoms with van der Waals surface area (Å²) < 4.78 is 57.2. The van der Waals surface area contributed by atoms with E-state index in [9.17, 15) is 17.7 Å². The van der Waals surface area contributed by atoms with E-state index in [1.807, 2.05) is 48.5 Å². The van der Waals surface area contributed by atoms with Crippen molar-refractivity contribution < 1.29 is 22.5 Å². The van der Waals surface area contributed by atoms with Gasteiger partial charge in [-0.15, -0.1) is 13.2 Å². The van der Waals surface area contributed by atoms with Gasteiger partial charge in [-0.25, -0.2) is 4.98 Å². The number of imidazole rings is 1. The molecular formula is C30H32F3N3O2S. The van der Waals surface area contributed by atoms with Crippen molar-refractivity contribution in [2.45, 2.75) is 63.1 Å². The molecule has 1 heterocycles. The number of benzene rings is 3. The van der Waals surface area contributed by atoms with Gasteiger partial charge in [0.25, 0.3) is 0 Å². The molecule has 0 spiro atoms. The van der Waals surface area contributed by atoms with Crippen molar-refractivity contribution in [2.24, 2.45) is 11.3 Å². The topological polar surface area (TPSA) is 62.1 Å². The maximum atomic E-state index is 13.2. The number of aromatic nitrogens is 2. The molecule has 0 amide bonds. The fourth-order valence-electron chi connectivity index (χ4n) is 5.85. The Morgan fingerprint density at radius 2 is 1.77 bits per heavy atom. The normalized spacial score (nSPS) is 20.1. The van der Waals surface area contributed by atoms with Crippen molar-refractivity contribution in [2.75, 3.05) is 5.32 Å². The van der Waals surface area contributed by atoms with E-state index in [0.717, 1.165) is 35.9 Å². The maximum Gasteiger partial charge on any atom is 0.573 e. The molecule has 1 unspecified atom stereocenters. The Kier molecular flexibility index (Phi) is 7.57. The number of nitrogens with one attached hydrogen (secondary N) is 1. The molecule has 1 N–H and O–H groups in total. The molecule has 206 valence electrons. The molecule has 5 rings (SSSR count). The second-order valence-corrected chi connectivity index (χ2v) is 12.6. The summed E-state index contributed by atoms with van der Waals surface area (Å²) in [7, 11) is 0. The quantitative estimate of drug-likeness (QED) is 0.233. The van der Waals surface area contributed by atoms with Crippen molar-refractivity contribution in [1.82, 2.24) is 9.55 Å². The second kappa shape index (κ2) is 10.8. The van der Waals surface area contributed by atoms with E-state index in [1.165, 1.54) is 12.1 Å². The fraction of sp³-hybridized carbons (Fsp3) is 0.367. The Morgan fingerprint density at radius 3 is 2.44 bits per heavy atom.